The molecule has 1 saturated carbocycles. The smallest absolute Gasteiger partial charge is 0.321 e. The van der Waals surface area contributed by atoms with Crippen LogP contribution < -0.4 is 16.0 Å². The van der Waals surface area contributed by atoms with Gasteiger partial charge in [0.15, 0.2) is 0 Å². The molecule has 2 aromatic rings. The van der Waals surface area contributed by atoms with Crippen LogP contribution in [0.1, 0.15) is 77.3 Å². The fourth-order valence-corrected chi connectivity index (χ4v) is 5.71. The summed E-state index contributed by atoms with van der Waals surface area (Å²) >= 11 is 1.39. The molecule has 3 rings (SSSR count). The van der Waals surface area contributed by atoms with Gasteiger partial charge in [-0.2, -0.15) is 0 Å². The highest BCUT2D eigenvalue weighted by molar-refractivity contribution is 7.15. The number of anilines is 1. The van der Waals surface area contributed by atoms with Crippen LogP contribution >= 0.6 is 11.3 Å². The van der Waals surface area contributed by atoms with Crippen LogP contribution in [-0.4, -0.2) is 58.8 Å². The van der Waals surface area contributed by atoms with Gasteiger partial charge in [0.25, 0.3) is 0 Å². The molecule has 216 valence electrons. The van der Waals surface area contributed by atoms with E-state index in [1.54, 1.807) is 0 Å². The number of hydrogen-bond donors (Lipinski definition) is 3. The van der Waals surface area contributed by atoms with Crippen LogP contribution in [0.5, 0.6) is 0 Å². The van der Waals surface area contributed by atoms with Crippen molar-refractivity contribution in [3.8, 4) is 0 Å². The first-order valence-electron chi connectivity index (χ1n) is 14.2. The van der Waals surface area contributed by atoms with Crippen LogP contribution in [0.3, 0.4) is 0 Å². The van der Waals surface area contributed by atoms with Crippen LogP contribution in [0.15, 0.2) is 24.3 Å². The molecule has 1 fully saturated rings. The van der Waals surface area contributed by atoms with Gasteiger partial charge in [-0.3, -0.25) is 10.1 Å². The average Bonchev–Trinajstić information content (AvgIpc) is 3.33. The van der Waals surface area contributed by atoms with Crippen LogP contribution in [0.4, 0.5) is 14.3 Å². The predicted octanol–water partition coefficient (Wildman–Crippen LogP) is 5.41. The highest BCUT2D eigenvalue weighted by atomic mass is 32.1. The third-order valence-corrected chi connectivity index (χ3v) is 8.17. The monoisotopic (exact) mass is 560 g/mol. The number of amides is 3. The molecule has 3 amide bonds. The predicted molar refractivity (Wildman–Crippen MR) is 155 cm³/mol. The zero-order chi connectivity index (χ0) is 28.4. The van der Waals surface area contributed by atoms with E-state index in [0.717, 1.165) is 75.2 Å². The van der Waals surface area contributed by atoms with E-state index >= 15 is 0 Å². The van der Waals surface area contributed by atoms with E-state index in [4.69, 9.17) is 0 Å². The lowest BCUT2D eigenvalue weighted by molar-refractivity contribution is -0.129. The largest absolute Gasteiger partial charge is 0.353 e. The molecule has 0 bridgehead atoms. The molecule has 3 N–H and O–H groups in total. The molecular weight excluding hydrogens is 515 g/mol. The number of urea groups is 1. The maximum Gasteiger partial charge on any atom is 0.321 e. The van der Waals surface area contributed by atoms with Crippen LogP contribution in [0.2, 0.25) is 0 Å². The second-order valence-electron chi connectivity index (χ2n) is 11.6. The molecule has 0 radical (unpaired) electrons. The summed E-state index contributed by atoms with van der Waals surface area (Å²) in [5, 5.41) is 18.8. The zero-order valence-electron chi connectivity index (χ0n) is 24.1. The fraction of sp³-hybridized carbons (Fsp3) is 0.655. The third kappa shape index (κ3) is 10.1. The van der Waals surface area contributed by atoms with E-state index in [1.165, 1.54) is 23.5 Å². The zero-order valence-corrected chi connectivity index (χ0v) is 24.9. The molecule has 0 aliphatic heterocycles. The minimum Gasteiger partial charge on any atom is -0.353 e. The van der Waals surface area contributed by atoms with Gasteiger partial charge in [-0.05, 0) is 81.6 Å². The van der Waals surface area contributed by atoms with Crippen LogP contribution in [0, 0.1) is 17.2 Å². The van der Waals surface area contributed by atoms with Gasteiger partial charge in [-0.1, -0.05) is 58.1 Å². The van der Waals surface area contributed by atoms with Crippen molar-refractivity contribution < 1.29 is 14.0 Å². The van der Waals surface area contributed by atoms with Gasteiger partial charge in [-0.15, -0.1) is 10.2 Å². The Morgan fingerprint density at radius 3 is 2.46 bits per heavy atom. The lowest BCUT2D eigenvalue weighted by Crippen LogP contribution is -2.53. The van der Waals surface area contributed by atoms with Gasteiger partial charge in [0.2, 0.25) is 11.0 Å². The summed E-state index contributed by atoms with van der Waals surface area (Å²) in [6.45, 7) is 12.7. The first-order valence-corrected chi connectivity index (χ1v) is 15.1. The summed E-state index contributed by atoms with van der Waals surface area (Å²) in [6.07, 6.45) is 6.09. The van der Waals surface area contributed by atoms with E-state index in [-0.39, 0.29) is 35.8 Å². The SMILES string of the molecule is CCCN(CCCc1ccc(F)cc1)C[C@@H]1C[C@H](NC(=O)C(C)(C)C)CC[C@H]1NC(=O)Nc1nnc(CC)s1. The Morgan fingerprint density at radius 1 is 1.08 bits per heavy atom. The number of carbonyl (C=O) groups is 2. The first kappa shape index (κ1) is 30.9. The van der Waals surface area contributed by atoms with Gasteiger partial charge < -0.3 is 15.5 Å². The molecule has 8 nitrogen and oxygen atoms in total. The molecule has 1 heterocycles. The molecule has 0 saturated heterocycles. The minimum absolute atomic E-state index is 0.0113. The van der Waals surface area contributed by atoms with Crippen molar-refractivity contribution in [3.63, 3.8) is 0 Å². The number of rotatable bonds is 12. The average molecular weight is 561 g/mol. The minimum atomic E-state index is -0.446. The van der Waals surface area contributed by atoms with Crippen molar-refractivity contribution in [2.24, 2.45) is 11.3 Å². The molecule has 10 heteroatoms. The Labute approximate surface area is 236 Å². The summed E-state index contributed by atoms with van der Waals surface area (Å²) in [7, 11) is 0. The van der Waals surface area contributed by atoms with Gasteiger partial charge >= 0.3 is 6.03 Å². The number of benzene rings is 1. The summed E-state index contributed by atoms with van der Waals surface area (Å²) in [5.74, 6) is 0.0344. The topological polar surface area (TPSA) is 99.2 Å². The number of hydrogen-bond acceptors (Lipinski definition) is 6. The number of nitrogens with one attached hydrogen (secondary N) is 3. The van der Waals surface area contributed by atoms with Gasteiger partial charge in [0.1, 0.15) is 10.8 Å². The molecule has 0 spiro atoms. The summed E-state index contributed by atoms with van der Waals surface area (Å²) in [4.78, 5) is 28.1. The Bertz CT molecular complexity index is 1050. The molecule has 39 heavy (non-hydrogen) atoms. The normalized spacial score (nSPS) is 19.6. The Balaban J connectivity index is 1.64. The molecule has 1 aromatic carbocycles. The van der Waals surface area contributed by atoms with Crippen molar-refractivity contribution in [2.45, 2.75) is 91.6 Å². The standard InChI is InChI=1S/C29H45FN6O2S/c1-6-16-36(17-8-9-20-10-12-22(30)13-11-20)19-21-18-23(31-26(37)29(3,4)5)14-15-24(21)32-27(38)33-28-35-34-25(7-2)39-28/h10-13,21,23-24H,6-9,14-19H2,1-5H3,(H,31,37)(H2,32,33,35,38)/t21-,23+,24+/m0/s1. The van der Waals surface area contributed by atoms with E-state index in [0.29, 0.717) is 5.13 Å². The number of halogens is 1. The van der Waals surface area contributed by atoms with Crippen molar-refractivity contribution in [2.75, 3.05) is 25.0 Å². The van der Waals surface area contributed by atoms with Crippen LogP contribution in [-0.2, 0) is 17.6 Å². The van der Waals surface area contributed by atoms with Crippen molar-refractivity contribution in [1.29, 1.82) is 0 Å². The van der Waals surface area contributed by atoms with Crippen LogP contribution in [0.25, 0.3) is 0 Å². The highest BCUT2D eigenvalue weighted by Gasteiger charge is 2.35. The summed E-state index contributed by atoms with van der Waals surface area (Å²) in [5.41, 5.74) is 0.688. The molecule has 1 aliphatic rings. The van der Waals surface area contributed by atoms with E-state index in [1.807, 2.05) is 39.8 Å². The quantitative estimate of drug-likeness (QED) is 0.323. The molecule has 1 aromatic heterocycles. The number of aryl methyl sites for hydroxylation is 2. The highest BCUT2D eigenvalue weighted by Crippen LogP contribution is 2.28. The van der Waals surface area contributed by atoms with E-state index in [2.05, 4.69) is 38.0 Å². The summed E-state index contributed by atoms with van der Waals surface area (Å²) < 4.78 is 13.3. The Kier molecular flexibility index (Phi) is 11.7. The second kappa shape index (κ2) is 14.7. The number of aromatic nitrogens is 2. The Hall–Kier alpha value is -2.59. The van der Waals surface area contributed by atoms with Gasteiger partial charge in [-0.25, -0.2) is 9.18 Å². The number of nitrogens with zero attached hydrogens (tertiary/aromatic N) is 3. The van der Waals surface area contributed by atoms with Gasteiger partial charge in [0.05, 0.1) is 0 Å². The molecule has 3 atom stereocenters. The molecule has 0 unspecified atom stereocenters. The second-order valence-corrected chi connectivity index (χ2v) is 12.6. The van der Waals surface area contributed by atoms with Crippen molar-refractivity contribution >= 4 is 28.4 Å². The lowest BCUT2D eigenvalue weighted by atomic mass is 9.80. The van der Waals surface area contributed by atoms with Crippen molar-refractivity contribution in [1.82, 2.24) is 25.7 Å². The Morgan fingerprint density at radius 2 is 1.82 bits per heavy atom. The van der Waals surface area contributed by atoms with Gasteiger partial charge in [0, 0.05) is 24.0 Å². The third-order valence-electron chi connectivity index (χ3n) is 7.19. The summed E-state index contributed by atoms with van der Waals surface area (Å²) in [6, 6.07) is 6.54. The molecule has 1 aliphatic carbocycles. The van der Waals surface area contributed by atoms with Crippen molar-refractivity contribution in [3.05, 3.63) is 40.7 Å². The van der Waals surface area contributed by atoms with E-state index < -0.39 is 5.41 Å². The maximum absolute atomic E-state index is 13.3. The number of carbonyl (C=O) groups excluding carboxylic acids is 2. The fourth-order valence-electron chi connectivity index (χ4n) is 5.04. The maximum atomic E-state index is 13.3. The molecular formula is C29H45FN6O2S. The first-order chi connectivity index (χ1) is 18.6. The lowest BCUT2D eigenvalue weighted by Gasteiger charge is -2.40. The van der Waals surface area contributed by atoms with E-state index in [9.17, 15) is 14.0 Å².